The Morgan fingerprint density at radius 1 is 0.947 bits per heavy atom. The van der Waals surface area contributed by atoms with Gasteiger partial charge in [-0.15, -0.1) is 5.11 Å². The maximum Gasteiger partial charge on any atom is 0.109 e. The van der Waals surface area contributed by atoms with Gasteiger partial charge < -0.3 is 16.6 Å². The van der Waals surface area contributed by atoms with Gasteiger partial charge in [0.05, 0.1) is 11.4 Å². The summed E-state index contributed by atoms with van der Waals surface area (Å²) in [6.45, 7) is 1.93. The molecule has 2 aromatic carbocycles. The molecule has 0 amide bonds. The summed E-state index contributed by atoms with van der Waals surface area (Å²) < 4.78 is 0. The van der Waals surface area contributed by atoms with Crippen LogP contribution in [-0.4, -0.2) is 11.7 Å². The molecule has 0 aliphatic carbocycles. The predicted octanol–water partition coefficient (Wildman–Crippen LogP) is 3.27. The number of benzene rings is 2. The number of para-hydroxylation sites is 1. The third-order valence-corrected chi connectivity index (χ3v) is 2.10. The highest BCUT2D eigenvalue weighted by atomic mass is 16.2. The van der Waals surface area contributed by atoms with E-state index in [0.29, 0.717) is 17.1 Å². The van der Waals surface area contributed by atoms with Crippen molar-refractivity contribution in [3.63, 3.8) is 0 Å². The van der Waals surface area contributed by atoms with Crippen LogP contribution in [-0.2, 0) is 0 Å². The van der Waals surface area contributed by atoms with Crippen molar-refractivity contribution in [1.29, 1.82) is 0 Å². The van der Waals surface area contributed by atoms with Gasteiger partial charge in [-0.1, -0.05) is 12.1 Å². The number of azo groups is 1. The molecule has 5 nitrogen and oxygen atoms in total. The largest absolute Gasteiger partial charge is 0.399 e. The molecule has 0 heterocycles. The second kappa shape index (κ2) is 7.84. The predicted molar refractivity (Wildman–Crippen MR) is 78.6 cm³/mol. The van der Waals surface area contributed by atoms with Crippen LogP contribution < -0.4 is 11.5 Å². The number of aliphatic hydroxyl groups excluding tert-OH is 1. The summed E-state index contributed by atoms with van der Waals surface area (Å²) in [4.78, 5) is 0. The molecule has 0 saturated heterocycles. The third kappa shape index (κ3) is 5.18. The first-order valence-corrected chi connectivity index (χ1v) is 5.90. The van der Waals surface area contributed by atoms with E-state index >= 15 is 0 Å². The molecule has 0 radical (unpaired) electrons. The summed E-state index contributed by atoms with van der Waals surface area (Å²) in [6.07, 6.45) is 0. The van der Waals surface area contributed by atoms with Crippen molar-refractivity contribution >= 4 is 22.7 Å². The first-order chi connectivity index (χ1) is 9.17. The van der Waals surface area contributed by atoms with Crippen molar-refractivity contribution in [3.8, 4) is 0 Å². The first-order valence-electron chi connectivity index (χ1n) is 5.90. The molecule has 0 fully saturated rings. The molecule has 0 atom stereocenters. The Balaban J connectivity index is 0.000000550. The molecule has 0 aromatic heterocycles. The summed E-state index contributed by atoms with van der Waals surface area (Å²) in [6, 6.07) is 14.5. The van der Waals surface area contributed by atoms with Crippen LogP contribution in [0, 0.1) is 0 Å². The second-order valence-electron chi connectivity index (χ2n) is 3.67. The standard InChI is InChI=1S/C12H12N4.C2H6O/c13-9-5-7-10(8-6-9)15-16-12-4-2-1-3-11(12)14;1-2-3/h1-8H,13-14H2;3H,2H2,1H3. The molecule has 0 spiro atoms. The van der Waals surface area contributed by atoms with Crippen LogP contribution in [0.1, 0.15) is 6.92 Å². The van der Waals surface area contributed by atoms with E-state index < -0.39 is 0 Å². The summed E-state index contributed by atoms with van der Waals surface area (Å²) in [7, 11) is 0. The number of aliphatic hydroxyl groups is 1. The highest BCUT2D eigenvalue weighted by Crippen LogP contribution is 2.23. The molecule has 0 bridgehead atoms. The molecule has 100 valence electrons. The van der Waals surface area contributed by atoms with Gasteiger partial charge in [0, 0.05) is 12.3 Å². The monoisotopic (exact) mass is 258 g/mol. The average Bonchev–Trinajstić information content (AvgIpc) is 2.41. The van der Waals surface area contributed by atoms with Crippen molar-refractivity contribution in [2.75, 3.05) is 18.1 Å². The molecule has 2 aromatic rings. The van der Waals surface area contributed by atoms with E-state index in [0.717, 1.165) is 5.69 Å². The minimum Gasteiger partial charge on any atom is -0.399 e. The third-order valence-electron chi connectivity index (χ3n) is 2.10. The summed E-state index contributed by atoms with van der Waals surface area (Å²) in [5, 5.41) is 15.7. The molecule has 0 aliphatic heterocycles. The van der Waals surface area contributed by atoms with Gasteiger partial charge >= 0.3 is 0 Å². The zero-order valence-electron chi connectivity index (χ0n) is 10.8. The fraction of sp³-hybridized carbons (Fsp3) is 0.143. The lowest BCUT2D eigenvalue weighted by Crippen LogP contribution is -1.83. The van der Waals surface area contributed by atoms with Crippen LogP contribution in [0.3, 0.4) is 0 Å². The number of anilines is 2. The van der Waals surface area contributed by atoms with Gasteiger partial charge in [-0.25, -0.2) is 0 Å². The van der Waals surface area contributed by atoms with Gasteiger partial charge in [-0.2, -0.15) is 5.11 Å². The van der Waals surface area contributed by atoms with Gasteiger partial charge in [0.2, 0.25) is 0 Å². The van der Waals surface area contributed by atoms with Gasteiger partial charge in [0.15, 0.2) is 0 Å². The Hall–Kier alpha value is -2.40. The fourth-order valence-corrected chi connectivity index (χ4v) is 1.23. The van der Waals surface area contributed by atoms with Gasteiger partial charge in [-0.05, 0) is 43.3 Å². The van der Waals surface area contributed by atoms with Gasteiger partial charge in [-0.3, -0.25) is 0 Å². The van der Waals surface area contributed by atoms with Crippen LogP contribution in [0.25, 0.3) is 0 Å². The van der Waals surface area contributed by atoms with Crippen molar-refractivity contribution in [2.45, 2.75) is 6.92 Å². The highest BCUT2D eigenvalue weighted by Gasteiger charge is 1.94. The van der Waals surface area contributed by atoms with E-state index in [2.05, 4.69) is 10.2 Å². The van der Waals surface area contributed by atoms with Crippen LogP contribution in [0.15, 0.2) is 58.8 Å². The van der Waals surface area contributed by atoms with E-state index in [1.165, 1.54) is 0 Å². The number of nitrogens with two attached hydrogens (primary N) is 2. The van der Waals surface area contributed by atoms with E-state index in [1.54, 1.807) is 37.3 Å². The van der Waals surface area contributed by atoms with E-state index in [-0.39, 0.29) is 6.61 Å². The molecule has 5 heteroatoms. The normalized spacial score (nSPS) is 10.0. The van der Waals surface area contributed by atoms with Crippen LogP contribution in [0.2, 0.25) is 0 Å². The van der Waals surface area contributed by atoms with Crippen molar-refractivity contribution in [1.82, 2.24) is 0 Å². The summed E-state index contributed by atoms with van der Waals surface area (Å²) in [5.74, 6) is 0. The van der Waals surface area contributed by atoms with Crippen LogP contribution >= 0.6 is 0 Å². The molecule has 0 unspecified atom stereocenters. The Morgan fingerprint density at radius 2 is 1.53 bits per heavy atom. The molecule has 19 heavy (non-hydrogen) atoms. The molecular weight excluding hydrogens is 240 g/mol. The van der Waals surface area contributed by atoms with Gasteiger partial charge in [0.25, 0.3) is 0 Å². The van der Waals surface area contributed by atoms with Gasteiger partial charge in [0.1, 0.15) is 5.69 Å². The number of hydrogen-bond donors (Lipinski definition) is 3. The molecule has 5 N–H and O–H groups in total. The first kappa shape index (κ1) is 14.7. The Bertz CT molecular complexity index is 523. The zero-order chi connectivity index (χ0) is 14.1. The smallest absolute Gasteiger partial charge is 0.109 e. The van der Waals surface area contributed by atoms with Crippen molar-refractivity contribution in [3.05, 3.63) is 48.5 Å². The Morgan fingerprint density at radius 3 is 2.11 bits per heavy atom. The second-order valence-corrected chi connectivity index (χ2v) is 3.67. The SMILES string of the molecule is CCO.Nc1ccc(N=Nc2ccccc2N)cc1. The lowest BCUT2D eigenvalue weighted by Gasteiger charge is -1.97. The zero-order valence-corrected chi connectivity index (χ0v) is 10.8. The minimum atomic E-state index is 0.250. The van der Waals surface area contributed by atoms with Crippen molar-refractivity contribution in [2.24, 2.45) is 10.2 Å². The number of rotatable bonds is 2. The molecular formula is C14H18N4O. The topological polar surface area (TPSA) is 97.0 Å². The average molecular weight is 258 g/mol. The molecule has 2 rings (SSSR count). The van der Waals surface area contributed by atoms with Crippen LogP contribution in [0.5, 0.6) is 0 Å². The minimum absolute atomic E-state index is 0.250. The number of nitrogen functional groups attached to an aromatic ring is 2. The Labute approximate surface area is 112 Å². The summed E-state index contributed by atoms with van der Waals surface area (Å²) >= 11 is 0. The lowest BCUT2D eigenvalue weighted by molar-refractivity contribution is 0.318. The highest BCUT2D eigenvalue weighted by molar-refractivity contribution is 5.61. The van der Waals surface area contributed by atoms with Crippen molar-refractivity contribution < 1.29 is 5.11 Å². The number of nitrogens with zero attached hydrogens (tertiary/aromatic N) is 2. The van der Waals surface area contributed by atoms with E-state index in [4.69, 9.17) is 16.6 Å². The maximum absolute atomic E-state index is 7.57. The Kier molecular flexibility index (Phi) is 6.05. The van der Waals surface area contributed by atoms with E-state index in [1.807, 2.05) is 18.2 Å². The fourth-order valence-electron chi connectivity index (χ4n) is 1.23. The quantitative estimate of drug-likeness (QED) is 0.569. The van der Waals surface area contributed by atoms with E-state index in [9.17, 15) is 0 Å². The molecule has 0 aliphatic rings. The lowest BCUT2D eigenvalue weighted by atomic mass is 10.3. The maximum atomic E-state index is 7.57. The number of hydrogen-bond acceptors (Lipinski definition) is 5. The molecule has 0 saturated carbocycles. The summed E-state index contributed by atoms with van der Waals surface area (Å²) in [5.41, 5.74) is 14.0. The van der Waals surface area contributed by atoms with Crippen LogP contribution in [0.4, 0.5) is 22.7 Å².